The summed E-state index contributed by atoms with van der Waals surface area (Å²) in [6.45, 7) is 7.27. The maximum Gasteiger partial charge on any atom is 0.156 e. The molecular formula is C9H20N4O2. The van der Waals surface area contributed by atoms with Gasteiger partial charge in [0.2, 0.25) is 0 Å². The summed E-state index contributed by atoms with van der Waals surface area (Å²) in [7, 11) is 0. The lowest BCUT2D eigenvalue weighted by molar-refractivity contribution is 0.0383. The summed E-state index contributed by atoms with van der Waals surface area (Å²) in [6.07, 6.45) is 0. The zero-order chi connectivity index (χ0) is 11.1. The molecule has 0 aromatic heterocycles. The van der Waals surface area contributed by atoms with Crippen LogP contribution in [0.3, 0.4) is 0 Å². The molecule has 1 saturated heterocycles. The molecule has 6 heteroatoms. The van der Waals surface area contributed by atoms with E-state index in [0.29, 0.717) is 0 Å². The van der Waals surface area contributed by atoms with E-state index in [0.717, 1.165) is 39.4 Å². The summed E-state index contributed by atoms with van der Waals surface area (Å²) >= 11 is 0. The van der Waals surface area contributed by atoms with Crippen LogP contribution in [0.4, 0.5) is 0 Å². The Morgan fingerprint density at radius 3 is 2.87 bits per heavy atom. The van der Waals surface area contributed by atoms with Crippen LogP contribution in [0.15, 0.2) is 5.16 Å². The van der Waals surface area contributed by atoms with E-state index in [4.69, 9.17) is 15.7 Å². The normalized spacial score (nSPS) is 21.5. The van der Waals surface area contributed by atoms with Crippen LogP contribution in [-0.4, -0.2) is 61.4 Å². The van der Waals surface area contributed by atoms with E-state index in [1.165, 1.54) is 0 Å². The van der Waals surface area contributed by atoms with E-state index in [9.17, 15) is 0 Å². The lowest BCUT2D eigenvalue weighted by atomic mass is 10.3. The molecule has 0 aliphatic carbocycles. The van der Waals surface area contributed by atoms with Crippen LogP contribution in [0.5, 0.6) is 0 Å². The summed E-state index contributed by atoms with van der Waals surface area (Å²) in [4.78, 5) is 2.33. The van der Waals surface area contributed by atoms with Crippen LogP contribution < -0.4 is 11.1 Å². The molecule has 1 aliphatic heterocycles. The number of rotatable bonds is 5. The Kier molecular flexibility index (Phi) is 5.38. The Hall–Kier alpha value is -0.850. The first-order chi connectivity index (χ1) is 7.24. The monoisotopic (exact) mass is 216 g/mol. The zero-order valence-corrected chi connectivity index (χ0v) is 9.15. The SMILES string of the molecule is CC(NCCN1CCOCC1)C(N)=NO. The summed E-state index contributed by atoms with van der Waals surface area (Å²) in [6, 6.07) is -0.0870. The fourth-order valence-electron chi connectivity index (χ4n) is 1.46. The molecule has 4 N–H and O–H groups in total. The molecule has 1 unspecified atom stereocenters. The van der Waals surface area contributed by atoms with E-state index in [1.807, 2.05) is 6.92 Å². The number of amidine groups is 1. The minimum Gasteiger partial charge on any atom is -0.409 e. The highest BCUT2D eigenvalue weighted by Gasteiger charge is 2.11. The molecule has 0 saturated carbocycles. The summed E-state index contributed by atoms with van der Waals surface area (Å²) in [5.41, 5.74) is 5.44. The van der Waals surface area contributed by atoms with Crippen molar-refractivity contribution in [2.45, 2.75) is 13.0 Å². The third-order valence-electron chi connectivity index (χ3n) is 2.54. The lowest BCUT2D eigenvalue weighted by Crippen LogP contribution is -2.45. The summed E-state index contributed by atoms with van der Waals surface area (Å²) in [5.74, 6) is 0.219. The average molecular weight is 216 g/mol. The first-order valence-electron chi connectivity index (χ1n) is 5.25. The smallest absolute Gasteiger partial charge is 0.156 e. The van der Waals surface area contributed by atoms with Crippen molar-refractivity contribution in [1.29, 1.82) is 0 Å². The number of hydrogen-bond acceptors (Lipinski definition) is 5. The Labute approximate surface area is 90.1 Å². The highest BCUT2D eigenvalue weighted by Crippen LogP contribution is 1.95. The number of oxime groups is 1. The minimum absolute atomic E-state index is 0.0870. The predicted octanol–water partition coefficient (Wildman–Crippen LogP) is -0.957. The van der Waals surface area contributed by atoms with Gasteiger partial charge in [0.25, 0.3) is 0 Å². The summed E-state index contributed by atoms with van der Waals surface area (Å²) in [5, 5.41) is 14.6. The molecule has 0 bridgehead atoms. The molecule has 1 fully saturated rings. The Morgan fingerprint density at radius 2 is 2.27 bits per heavy atom. The van der Waals surface area contributed by atoms with Crippen LogP contribution in [0.2, 0.25) is 0 Å². The second kappa shape index (κ2) is 6.60. The van der Waals surface area contributed by atoms with Crippen molar-refractivity contribution in [1.82, 2.24) is 10.2 Å². The third-order valence-corrected chi connectivity index (χ3v) is 2.54. The van der Waals surface area contributed by atoms with Gasteiger partial charge in [0.15, 0.2) is 5.84 Å². The molecule has 0 radical (unpaired) electrons. The number of morpholine rings is 1. The van der Waals surface area contributed by atoms with Gasteiger partial charge in [0.1, 0.15) is 0 Å². The van der Waals surface area contributed by atoms with Gasteiger partial charge in [0, 0.05) is 26.2 Å². The van der Waals surface area contributed by atoms with E-state index in [1.54, 1.807) is 0 Å². The standard InChI is InChI=1S/C9H20N4O2/c1-8(9(10)12-14)11-2-3-13-4-6-15-7-5-13/h8,11,14H,2-7H2,1H3,(H2,10,12). The largest absolute Gasteiger partial charge is 0.409 e. The molecule has 0 aromatic carbocycles. The minimum atomic E-state index is -0.0870. The number of nitrogens with two attached hydrogens (primary N) is 1. The Bertz CT molecular complexity index is 204. The van der Waals surface area contributed by atoms with Crippen LogP contribution in [0.25, 0.3) is 0 Å². The van der Waals surface area contributed by atoms with Gasteiger partial charge in [-0.2, -0.15) is 0 Å². The molecular weight excluding hydrogens is 196 g/mol. The molecule has 1 rings (SSSR count). The molecule has 88 valence electrons. The molecule has 0 aromatic rings. The fourth-order valence-corrected chi connectivity index (χ4v) is 1.46. The topological polar surface area (TPSA) is 83.1 Å². The number of nitrogens with one attached hydrogen (secondary N) is 1. The lowest BCUT2D eigenvalue weighted by Gasteiger charge is -2.27. The maximum absolute atomic E-state index is 8.45. The van der Waals surface area contributed by atoms with Crippen molar-refractivity contribution in [2.24, 2.45) is 10.9 Å². The van der Waals surface area contributed by atoms with E-state index in [-0.39, 0.29) is 11.9 Å². The zero-order valence-electron chi connectivity index (χ0n) is 9.15. The van der Waals surface area contributed by atoms with Crippen molar-refractivity contribution < 1.29 is 9.94 Å². The molecule has 1 heterocycles. The number of hydrogen-bond donors (Lipinski definition) is 3. The van der Waals surface area contributed by atoms with Crippen LogP contribution in [0, 0.1) is 0 Å². The first-order valence-corrected chi connectivity index (χ1v) is 5.25. The third kappa shape index (κ3) is 4.46. The maximum atomic E-state index is 8.45. The molecule has 6 nitrogen and oxygen atoms in total. The van der Waals surface area contributed by atoms with Crippen molar-refractivity contribution in [3.05, 3.63) is 0 Å². The quantitative estimate of drug-likeness (QED) is 0.239. The van der Waals surface area contributed by atoms with Gasteiger partial charge < -0.3 is 21.0 Å². The van der Waals surface area contributed by atoms with Crippen molar-refractivity contribution in [3.8, 4) is 0 Å². The van der Waals surface area contributed by atoms with E-state index >= 15 is 0 Å². The molecule has 1 atom stereocenters. The Morgan fingerprint density at radius 1 is 1.60 bits per heavy atom. The van der Waals surface area contributed by atoms with Crippen molar-refractivity contribution in [3.63, 3.8) is 0 Å². The number of ether oxygens (including phenoxy) is 1. The van der Waals surface area contributed by atoms with Gasteiger partial charge in [-0.25, -0.2) is 0 Å². The van der Waals surface area contributed by atoms with E-state index in [2.05, 4.69) is 15.4 Å². The summed E-state index contributed by atoms with van der Waals surface area (Å²) < 4.78 is 5.25. The van der Waals surface area contributed by atoms with Gasteiger partial charge >= 0.3 is 0 Å². The van der Waals surface area contributed by atoms with Crippen LogP contribution in [0.1, 0.15) is 6.92 Å². The molecule has 0 spiro atoms. The van der Waals surface area contributed by atoms with Crippen LogP contribution in [-0.2, 0) is 4.74 Å². The van der Waals surface area contributed by atoms with Gasteiger partial charge in [-0.3, -0.25) is 4.90 Å². The fraction of sp³-hybridized carbons (Fsp3) is 0.889. The van der Waals surface area contributed by atoms with Crippen LogP contribution >= 0.6 is 0 Å². The number of nitrogens with zero attached hydrogens (tertiary/aromatic N) is 2. The highest BCUT2D eigenvalue weighted by atomic mass is 16.5. The molecule has 15 heavy (non-hydrogen) atoms. The Balaban J connectivity index is 2.09. The van der Waals surface area contributed by atoms with Gasteiger partial charge in [-0.05, 0) is 6.92 Å². The second-order valence-electron chi connectivity index (χ2n) is 3.65. The first kappa shape index (κ1) is 12.2. The van der Waals surface area contributed by atoms with Gasteiger partial charge in [-0.15, -0.1) is 0 Å². The molecule has 0 amide bonds. The van der Waals surface area contributed by atoms with Crippen molar-refractivity contribution >= 4 is 5.84 Å². The predicted molar refractivity (Wildman–Crippen MR) is 58.1 cm³/mol. The highest BCUT2D eigenvalue weighted by molar-refractivity contribution is 5.84. The van der Waals surface area contributed by atoms with Gasteiger partial charge in [-0.1, -0.05) is 5.16 Å². The van der Waals surface area contributed by atoms with E-state index < -0.39 is 0 Å². The van der Waals surface area contributed by atoms with Crippen molar-refractivity contribution in [2.75, 3.05) is 39.4 Å². The van der Waals surface area contributed by atoms with Gasteiger partial charge in [0.05, 0.1) is 19.3 Å². The molecule has 1 aliphatic rings. The second-order valence-corrected chi connectivity index (χ2v) is 3.65. The average Bonchev–Trinajstić information content (AvgIpc) is 2.29.